The maximum atomic E-state index is 5.84. The van der Waals surface area contributed by atoms with Gasteiger partial charge < -0.3 is 0 Å². The molecule has 2 aliphatic carbocycles. The number of nitrogens with zero attached hydrogens (tertiary/aromatic N) is 2. The van der Waals surface area contributed by atoms with Crippen molar-refractivity contribution in [3.8, 4) is 34.9 Å². The van der Waals surface area contributed by atoms with E-state index < -0.39 is 0 Å². The van der Waals surface area contributed by atoms with Gasteiger partial charge in [-0.3, -0.25) is 0 Å². The van der Waals surface area contributed by atoms with Crippen molar-refractivity contribution in [1.82, 2.24) is 9.97 Å². The van der Waals surface area contributed by atoms with Crippen LogP contribution in [0.3, 0.4) is 0 Å². The highest BCUT2D eigenvalue weighted by atomic mass is 14.9. The van der Waals surface area contributed by atoms with E-state index in [4.69, 9.17) is 16.4 Å². The Bertz CT molecular complexity index is 1500. The van der Waals surface area contributed by atoms with E-state index in [-0.39, 0.29) is 0 Å². The molecule has 2 nitrogen and oxygen atoms in total. The van der Waals surface area contributed by atoms with Gasteiger partial charge in [0.05, 0.1) is 17.0 Å². The van der Waals surface area contributed by atoms with Gasteiger partial charge in [0.15, 0.2) is 5.82 Å². The number of rotatable bonds is 5. The highest BCUT2D eigenvalue weighted by molar-refractivity contribution is 5.85. The average Bonchev–Trinajstić information content (AvgIpc) is 2.94. The van der Waals surface area contributed by atoms with Crippen molar-refractivity contribution in [1.29, 1.82) is 0 Å². The van der Waals surface area contributed by atoms with E-state index in [0.717, 1.165) is 28.9 Å². The number of terminal acetylenes is 1. The predicted molar refractivity (Wildman–Crippen MR) is 152 cm³/mol. The van der Waals surface area contributed by atoms with Crippen LogP contribution in [0.1, 0.15) is 31.7 Å². The summed E-state index contributed by atoms with van der Waals surface area (Å²) in [7, 11) is 0. The van der Waals surface area contributed by atoms with Crippen LogP contribution in [0, 0.1) is 18.3 Å². The summed E-state index contributed by atoms with van der Waals surface area (Å²) in [5, 5.41) is 0. The minimum atomic E-state index is 0.456. The molecule has 1 atom stereocenters. The molecule has 0 aliphatic heterocycles. The molecular formula is C34H28N2. The smallest absolute Gasteiger partial charge is 0.168 e. The first-order valence-corrected chi connectivity index (χ1v) is 12.3. The third-order valence-electron chi connectivity index (χ3n) is 6.61. The number of fused-ring (bicyclic) bond motifs is 1. The first-order chi connectivity index (χ1) is 17.7. The summed E-state index contributed by atoms with van der Waals surface area (Å²) >= 11 is 0. The molecule has 1 heterocycles. The molecule has 2 heteroatoms. The molecule has 5 rings (SSSR count). The third-order valence-corrected chi connectivity index (χ3v) is 6.61. The van der Waals surface area contributed by atoms with Crippen LogP contribution < -0.4 is 0 Å². The highest BCUT2D eigenvalue weighted by Gasteiger charge is 2.21. The summed E-state index contributed by atoms with van der Waals surface area (Å²) < 4.78 is 0. The van der Waals surface area contributed by atoms with Crippen molar-refractivity contribution in [2.75, 3.05) is 0 Å². The molecule has 0 saturated carbocycles. The Morgan fingerprint density at radius 2 is 1.64 bits per heavy atom. The Hall–Kier alpha value is -4.48. The molecule has 0 spiro atoms. The molecule has 0 bridgehead atoms. The average molecular weight is 465 g/mol. The van der Waals surface area contributed by atoms with Gasteiger partial charge in [-0.2, -0.15) is 0 Å². The van der Waals surface area contributed by atoms with Crippen molar-refractivity contribution in [2.24, 2.45) is 5.92 Å². The molecule has 36 heavy (non-hydrogen) atoms. The van der Waals surface area contributed by atoms with Crippen molar-refractivity contribution < 1.29 is 0 Å². The Morgan fingerprint density at radius 1 is 0.944 bits per heavy atom. The second-order valence-corrected chi connectivity index (χ2v) is 8.96. The van der Waals surface area contributed by atoms with E-state index >= 15 is 0 Å². The molecule has 3 aromatic rings. The molecule has 0 amide bonds. The fourth-order valence-corrected chi connectivity index (χ4v) is 4.75. The molecular weight excluding hydrogens is 436 g/mol. The summed E-state index contributed by atoms with van der Waals surface area (Å²) in [5.74, 6) is 3.76. The van der Waals surface area contributed by atoms with Gasteiger partial charge in [-0.05, 0) is 54.7 Å². The topological polar surface area (TPSA) is 25.8 Å². The Balaban J connectivity index is 1.59. The standard InChI is InChI=1S/C34H28N2/c1-4-6-12-25(5-2)34-35-31(27-14-8-7-9-15-27)23-32(36-34)28-19-21-29(22-20-28)33-24(3)17-18-26-13-10-11-16-30(26)33/h2,4,6-17,19-23,26H,18H2,1,3H3. The Morgan fingerprint density at radius 3 is 2.33 bits per heavy atom. The van der Waals surface area contributed by atoms with Gasteiger partial charge >= 0.3 is 0 Å². The molecule has 1 aromatic heterocycles. The van der Waals surface area contributed by atoms with Crippen LogP contribution in [0.4, 0.5) is 0 Å². The molecule has 0 N–H and O–H groups in total. The fraction of sp³-hybridized carbons (Fsp3) is 0.118. The summed E-state index contributed by atoms with van der Waals surface area (Å²) in [6.45, 7) is 4.17. The van der Waals surface area contributed by atoms with Crippen LogP contribution >= 0.6 is 0 Å². The van der Waals surface area contributed by atoms with Gasteiger partial charge in [0.2, 0.25) is 0 Å². The molecule has 1 unspecified atom stereocenters. The van der Waals surface area contributed by atoms with E-state index in [1.165, 1.54) is 22.3 Å². The maximum absolute atomic E-state index is 5.84. The van der Waals surface area contributed by atoms with Crippen molar-refractivity contribution in [3.05, 3.63) is 132 Å². The zero-order chi connectivity index (χ0) is 24.9. The Kier molecular flexibility index (Phi) is 6.74. The van der Waals surface area contributed by atoms with Crippen LogP contribution in [0.2, 0.25) is 0 Å². The monoisotopic (exact) mass is 464 g/mol. The summed E-state index contributed by atoms with van der Waals surface area (Å²) in [6, 6.07) is 20.9. The number of allylic oxidation sites excluding steroid dienone is 12. The molecule has 2 aromatic carbocycles. The number of hydrogen-bond acceptors (Lipinski definition) is 2. The van der Waals surface area contributed by atoms with Gasteiger partial charge in [0.1, 0.15) is 0 Å². The lowest BCUT2D eigenvalue weighted by atomic mass is 9.78. The Labute approximate surface area is 213 Å². The summed E-state index contributed by atoms with van der Waals surface area (Å²) in [4.78, 5) is 9.69. The molecule has 174 valence electrons. The third kappa shape index (κ3) is 4.69. The van der Waals surface area contributed by atoms with Crippen molar-refractivity contribution >= 4 is 11.1 Å². The molecule has 0 fully saturated rings. The highest BCUT2D eigenvalue weighted by Crippen LogP contribution is 2.39. The van der Waals surface area contributed by atoms with Crippen LogP contribution in [0.15, 0.2) is 120 Å². The summed E-state index contributed by atoms with van der Waals surface area (Å²) in [5.41, 5.74) is 9.68. The fourth-order valence-electron chi connectivity index (χ4n) is 4.75. The van der Waals surface area contributed by atoms with Crippen LogP contribution in [-0.2, 0) is 0 Å². The van der Waals surface area contributed by atoms with E-state index in [0.29, 0.717) is 17.3 Å². The van der Waals surface area contributed by atoms with E-state index in [9.17, 15) is 0 Å². The lowest BCUT2D eigenvalue weighted by Gasteiger charge is -2.26. The van der Waals surface area contributed by atoms with E-state index in [1.54, 1.807) is 0 Å². The first-order valence-electron chi connectivity index (χ1n) is 12.3. The number of aromatic nitrogens is 2. The van der Waals surface area contributed by atoms with Gasteiger partial charge in [-0.15, -0.1) is 6.42 Å². The van der Waals surface area contributed by atoms with Gasteiger partial charge in [0.25, 0.3) is 0 Å². The maximum Gasteiger partial charge on any atom is 0.168 e. The second-order valence-electron chi connectivity index (χ2n) is 8.96. The predicted octanol–water partition coefficient (Wildman–Crippen LogP) is 8.25. The summed E-state index contributed by atoms with van der Waals surface area (Å²) in [6.07, 6.45) is 23.8. The van der Waals surface area contributed by atoms with Crippen LogP contribution in [0.25, 0.3) is 33.7 Å². The SMILES string of the molecule is C#CC(=CC=CC)c1nc(-c2ccccc2)cc(-c2ccc(C3=C4C=CC=CC4CC=C3C)cc2)n1. The molecule has 2 aliphatic rings. The second kappa shape index (κ2) is 10.4. The lowest BCUT2D eigenvalue weighted by molar-refractivity contribution is 0.777. The van der Waals surface area contributed by atoms with Crippen molar-refractivity contribution in [2.45, 2.75) is 20.3 Å². The molecule has 0 saturated heterocycles. The van der Waals surface area contributed by atoms with Gasteiger partial charge in [-0.25, -0.2) is 9.97 Å². The molecule has 0 radical (unpaired) electrons. The minimum absolute atomic E-state index is 0.456. The van der Waals surface area contributed by atoms with E-state index in [1.807, 2.05) is 49.4 Å². The number of benzene rings is 2. The van der Waals surface area contributed by atoms with Crippen LogP contribution in [0.5, 0.6) is 0 Å². The zero-order valence-corrected chi connectivity index (χ0v) is 20.6. The normalized spacial score (nSPS) is 17.2. The number of hydrogen-bond donors (Lipinski definition) is 0. The quantitative estimate of drug-likeness (QED) is 0.281. The van der Waals surface area contributed by atoms with E-state index in [2.05, 4.69) is 79.6 Å². The van der Waals surface area contributed by atoms with Gasteiger partial charge in [0, 0.05) is 17.0 Å². The van der Waals surface area contributed by atoms with Crippen LogP contribution in [-0.4, -0.2) is 9.97 Å². The van der Waals surface area contributed by atoms with Crippen molar-refractivity contribution in [3.63, 3.8) is 0 Å². The van der Waals surface area contributed by atoms with Gasteiger partial charge in [-0.1, -0.05) is 103 Å². The first kappa shape index (κ1) is 23.3. The largest absolute Gasteiger partial charge is 0.227 e. The zero-order valence-electron chi connectivity index (χ0n) is 20.6. The lowest BCUT2D eigenvalue weighted by Crippen LogP contribution is -2.09. The minimum Gasteiger partial charge on any atom is -0.227 e.